The Morgan fingerprint density at radius 3 is 2.88 bits per heavy atom. The first-order valence-corrected chi connectivity index (χ1v) is 6.88. The first-order valence-electron chi connectivity index (χ1n) is 6.09. The van der Waals surface area contributed by atoms with E-state index in [0.29, 0.717) is 6.04 Å². The summed E-state index contributed by atoms with van der Waals surface area (Å²) in [6.07, 6.45) is 12.2. The van der Waals surface area contributed by atoms with Crippen molar-refractivity contribution >= 4 is 28.3 Å². The second kappa shape index (κ2) is 4.33. The molecule has 1 N–H and O–H groups in total. The normalized spacial score (nSPS) is 23.5. The van der Waals surface area contributed by atoms with Crippen LogP contribution in [0.1, 0.15) is 49.0 Å². The molecule has 3 nitrogen and oxygen atoms in total. The van der Waals surface area contributed by atoms with Crippen molar-refractivity contribution in [2.45, 2.75) is 37.8 Å². The Labute approximate surface area is 109 Å². The van der Waals surface area contributed by atoms with Gasteiger partial charge in [0.1, 0.15) is 12.3 Å². The van der Waals surface area contributed by atoms with Gasteiger partial charge in [-0.2, -0.15) is 0 Å². The van der Waals surface area contributed by atoms with Crippen LogP contribution in [0.4, 0.5) is 0 Å². The van der Waals surface area contributed by atoms with Crippen LogP contribution in [0, 0.1) is 0 Å². The van der Waals surface area contributed by atoms with Crippen molar-refractivity contribution in [3.05, 3.63) is 28.1 Å². The number of halogens is 1. The smallest absolute Gasteiger partial charge is 0.146 e. The number of hydrogen-bond acceptors (Lipinski definition) is 2. The largest absolute Gasteiger partial charge is 0.378 e. The molecule has 0 aromatic carbocycles. The third kappa shape index (κ3) is 1.75. The fourth-order valence-electron chi connectivity index (χ4n) is 2.91. The Morgan fingerprint density at radius 2 is 2.18 bits per heavy atom. The van der Waals surface area contributed by atoms with Gasteiger partial charge in [0.15, 0.2) is 0 Å². The van der Waals surface area contributed by atoms with E-state index >= 15 is 0 Å². The molecule has 2 aliphatic rings. The molecule has 17 heavy (non-hydrogen) atoms. The fourth-order valence-corrected chi connectivity index (χ4v) is 3.58. The topological polar surface area (TPSA) is 34.0 Å². The van der Waals surface area contributed by atoms with Gasteiger partial charge in [0.25, 0.3) is 0 Å². The lowest BCUT2D eigenvalue weighted by molar-refractivity contribution is -0.109. The predicted octanol–water partition coefficient (Wildman–Crippen LogP) is 3.18. The standard InChI is InChI=1S/C13H15BrN2O/c14-10-7-16(9-3-1-2-4-9)12-5-6-15-11(8-17)13(10)12/h5-9,11,15H,1-4H2. The second-order valence-corrected chi connectivity index (χ2v) is 5.59. The van der Waals surface area contributed by atoms with E-state index in [1.165, 1.54) is 31.4 Å². The number of aromatic nitrogens is 1. The highest BCUT2D eigenvalue weighted by Crippen LogP contribution is 2.38. The maximum absolute atomic E-state index is 11.1. The lowest BCUT2D eigenvalue weighted by Crippen LogP contribution is -2.21. The van der Waals surface area contributed by atoms with Crippen LogP contribution in [-0.4, -0.2) is 10.9 Å². The summed E-state index contributed by atoms with van der Waals surface area (Å²) in [6.45, 7) is 0. The van der Waals surface area contributed by atoms with Gasteiger partial charge in [-0.25, -0.2) is 0 Å². The van der Waals surface area contributed by atoms with Crippen LogP contribution >= 0.6 is 15.9 Å². The molecule has 0 saturated heterocycles. The Morgan fingerprint density at radius 1 is 1.41 bits per heavy atom. The number of nitrogens with one attached hydrogen (secondary N) is 1. The molecule has 1 aromatic rings. The summed E-state index contributed by atoms with van der Waals surface area (Å²) in [4.78, 5) is 11.1. The van der Waals surface area contributed by atoms with Crippen molar-refractivity contribution in [2.75, 3.05) is 0 Å². The first-order chi connectivity index (χ1) is 8.31. The molecule has 0 amide bonds. The second-order valence-electron chi connectivity index (χ2n) is 4.74. The highest BCUT2D eigenvalue weighted by atomic mass is 79.9. The minimum Gasteiger partial charge on any atom is -0.378 e. The Hall–Kier alpha value is -1.03. The zero-order valence-electron chi connectivity index (χ0n) is 9.53. The van der Waals surface area contributed by atoms with Crippen LogP contribution in [0.3, 0.4) is 0 Å². The van der Waals surface area contributed by atoms with Crippen molar-refractivity contribution in [3.63, 3.8) is 0 Å². The molecule has 0 spiro atoms. The summed E-state index contributed by atoms with van der Waals surface area (Å²) in [5, 5.41) is 3.08. The van der Waals surface area contributed by atoms with E-state index in [2.05, 4.69) is 38.1 Å². The molecule has 1 aliphatic heterocycles. The van der Waals surface area contributed by atoms with Crippen LogP contribution in [-0.2, 0) is 4.79 Å². The molecule has 3 rings (SSSR count). The van der Waals surface area contributed by atoms with Gasteiger partial charge < -0.3 is 14.7 Å². The summed E-state index contributed by atoms with van der Waals surface area (Å²) in [6, 6.07) is 0.386. The molecule has 1 fully saturated rings. The number of hydrogen-bond donors (Lipinski definition) is 1. The van der Waals surface area contributed by atoms with E-state index in [1.807, 2.05) is 6.20 Å². The first kappa shape index (κ1) is 11.1. The van der Waals surface area contributed by atoms with Crippen LogP contribution in [0.25, 0.3) is 6.08 Å². The number of carbonyl (C=O) groups is 1. The van der Waals surface area contributed by atoms with E-state index in [9.17, 15) is 4.79 Å². The summed E-state index contributed by atoms with van der Waals surface area (Å²) in [5.41, 5.74) is 2.26. The molecular formula is C13H15BrN2O. The van der Waals surface area contributed by atoms with Gasteiger partial charge in [0.2, 0.25) is 0 Å². The van der Waals surface area contributed by atoms with Crippen LogP contribution in [0.2, 0.25) is 0 Å². The molecule has 1 atom stereocenters. The zero-order valence-corrected chi connectivity index (χ0v) is 11.1. The van der Waals surface area contributed by atoms with Crippen molar-refractivity contribution in [3.8, 4) is 0 Å². The van der Waals surface area contributed by atoms with E-state index < -0.39 is 0 Å². The average Bonchev–Trinajstić information content (AvgIpc) is 2.97. The quantitative estimate of drug-likeness (QED) is 0.850. The number of carbonyl (C=O) groups excluding carboxylic acids is 1. The maximum Gasteiger partial charge on any atom is 0.146 e. The van der Waals surface area contributed by atoms with Gasteiger partial charge in [0.05, 0.1) is 0 Å². The minimum absolute atomic E-state index is 0.216. The third-order valence-corrected chi connectivity index (χ3v) is 4.38. The van der Waals surface area contributed by atoms with Crippen molar-refractivity contribution in [1.29, 1.82) is 0 Å². The Balaban J connectivity index is 2.07. The molecule has 1 unspecified atom stereocenters. The van der Waals surface area contributed by atoms with Crippen molar-refractivity contribution < 1.29 is 4.79 Å². The molecule has 0 radical (unpaired) electrons. The molecule has 1 aliphatic carbocycles. The van der Waals surface area contributed by atoms with Gasteiger partial charge in [-0.05, 0) is 41.0 Å². The Bertz CT molecular complexity index is 472. The molecule has 90 valence electrons. The van der Waals surface area contributed by atoms with Gasteiger partial charge in [-0.3, -0.25) is 0 Å². The van der Waals surface area contributed by atoms with Crippen LogP contribution in [0.15, 0.2) is 16.9 Å². The number of fused-ring (bicyclic) bond motifs is 1. The van der Waals surface area contributed by atoms with E-state index in [-0.39, 0.29) is 6.04 Å². The van der Waals surface area contributed by atoms with E-state index in [4.69, 9.17) is 0 Å². The monoisotopic (exact) mass is 294 g/mol. The molecule has 2 heterocycles. The summed E-state index contributed by atoms with van der Waals surface area (Å²) in [7, 11) is 0. The molecule has 0 bridgehead atoms. The summed E-state index contributed by atoms with van der Waals surface area (Å²) < 4.78 is 3.37. The lowest BCUT2D eigenvalue weighted by atomic mass is 10.1. The van der Waals surface area contributed by atoms with Gasteiger partial charge in [0, 0.05) is 28.0 Å². The summed E-state index contributed by atoms with van der Waals surface area (Å²) in [5.74, 6) is 0. The molecular weight excluding hydrogens is 280 g/mol. The zero-order chi connectivity index (χ0) is 11.8. The predicted molar refractivity (Wildman–Crippen MR) is 70.6 cm³/mol. The van der Waals surface area contributed by atoms with Gasteiger partial charge in [-0.15, -0.1) is 0 Å². The Kier molecular flexibility index (Phi) is 2.82. The fraction of sp³-hybridized carbons (Fsp3) is 0.462. The maximum atomic E-state index is 11.1. The van der Waals surface area contributed by atoms with Crippen LogP contribution in [0.5, 0.6) is 0 Å². The van der Waals surface area contributed by atoms with Crippen LogP contribution < -0.4 is 5.32 Å². The highest BCUT2D eigenvalue weighted by Gasteiger charge is 2.27. The van der Waals surface area contributed by atoms with E-state index in [0.717, 1.165) is 16.3 Å². The minimum atomic E-state index is -0.216. The number of rotatable bonds is 2. The SMILES string of the molecule is O=CC1NC=Cc2c1c(Br)cn2C1CCCC1. The lowest BCUT2D eigenvalue weighted by Gasteiger charge is -2.20. The number of nitrogens with zero attached hydrogens (tertiary/aromatic N) is 1. The van der Waals surface area contributed by atoms with Crippen molar-refractivity contribution in [1.82, 2.24) is 9.88 Å². The van der Waals surface area contributed by atoms with Crippen molar-refractivity contribution in [2.24, 2.45) is 0 Å². The average molecular weight is 295 g/mol. The third-order valence-electron chi connectivity index (χ3n) is 3.75. The van der Waals surface area contributed by atoms with Gasteiger partial charge >= 0.3 is 0 Å². The highest BCUT2D eigenvalue weighted by molar-refractivity contribution is 9.10. The molecule has 4 heteroatoms. The van der Waals surface area contributed by atoms with E-state index in [1.54, 1.807) is 0 Å². The number of aldehydes is 1. The summed E-state index contributed by atoms with van der Waals surface area (Å²) >= 11 is 3.58. The molecule has 1 saturated carbocycles. The molecule has 1 aromatic heterocycles. The van der Waals surface area contributed by atoms with Gasteiger partial charge in [-0.1, -0.05) is 12.8 Å².